The van der Waals surface area contributed by atoms with Crippen molar-refractivity contribution in [2.24, 2.45) is 0 Å². The summed E-state index contributed by atoms with van der Waals surface area (Å²) in [5, 5.41) is 8.93. The molecule has 18 heavy (non-hydrogen) atoms. The summed E-state index contributed by atoms with van der Waals surface area (Å²) in [6.07, 6.45) is 0.949. The number of carbonyl (C=O) groups excluding carboxylic acids is 1. The van der Waals surface area contributed by atoms with E-state index in [9.17, 15) is 4.79 Å². The van der Waals surface area contributed by atoms with Crippen LogP contribution in [-0.4, -0.2) is 60.1 Å². The van der Waals surface area contributed by atoms with Crippen LogP contribution in [0, 0.1) is 0 Å². The minimum atomic E-state index is 0.0674. The van der Waals surface area contributed by atoms with E-state index in [1.54, 1.807) is 12.1 Å². The van der Waals surface area contributed by atoms with Crippen molar-refractivity contribution in [2.75, 3.05) is 39.3 Å². The standard InChI is InChI=1S/C12H17ClN2O2S/c13-11-3-2-10(18-11)12(17)15-5-1-4-14(6-7-15)8-9-16/h2-3,16H,1,4-9H2. The van der Waals surface area contributed by atoms with Gasteiger partial charge in [0.25, 0.3) is 5.91 Å². The van der Waals surface area contributed by atoms with Gasteiger partial charge in [-0.05, 0) is 25.1 Å². The molecule has 0 bridgehead atoms. The summed E-state index contributed by atoms with van der Waals surface area (Å²) in [6, 6.07) is 3.54. The van der Waals surface area contributed by atoms with Crippen molar-refractivity contribution in [3.8, 4) is 0 Å². The van der Waals surface area contributed by atoms with E-state index in [1.165, 1.54) is 11.3 Å². The molecule has 1 saturated heterocycles. The first-order valence-electron chi connectivity index (χ1n) is 6.08. The largest absolute Gasteiger partial charge is 0.395 e. The summed E-state index contributed by atoms with van der Waals surface area (Å²) in [5.41, 5.74) is 0. The average molecular weight is 289 g/mol. The Morgan fingerprint density at radius 1 is 1.33 bits per heavy atom. The first-order valence-corrected chi connectivity index (χ1v) is 7.28. The normalized spacial score (nSPS) is 17.8. The summed E-state index contributed by atoms with van der Waals surface area (Å²) in [5.74, 6) is 0.0674. The van der Waals surface area contributed by atoms with Crippen molar-refractivity contribution in [1.82, 2.24) is 9.80 Å². The number of thiophene rings is 1. The molecule has 0 radical (unpaired) electrons. The number of nitrogens with zero attached hydrogens (tertiary/aromatic N) is 2. The molecule has 2 rings (SSSR count). The third kappa shape index (κ3) is 3.45. The van der Waals surface area contributed by atoms with Crippen LogP contribution in [-0.2, 0) is 0 Å². The molecule has 1 fully saturated rings. The first kappa shape index (κ1) is 13.8. The van der Waals surface area contributed by atoms with E-state index >= 15 is 0 Å². The predicted molar refractivity (Wildman–Crippen MR) is 73.4 cm³/mol. The Morgan fingerprint density at radius 2 is 2.17 bits per heavy atom. The lowest BCUT2D eigenvalue weighted by Crippen LogP contribution is -2.35. The maximum atomic E-state index is 12.2. The molecule has 1 aromatic rings. The lowest BCUT2D eigenvalue weighted by molar-refractivity contribution is 0.0765. The van der Waals surface area contributed by atoms with Crippen LogP contribution in [0.2, 0.25) is 4.34 Å². The Bertz CT molecular complexity index is 411. The molecule has 0 aliphatic carbocycles. The number of aliphatic hydroxyl groups excluding tert-OH is 1. The zero-order valence-corrected chi connectivity index (χ0v) is 11.7. The van der Waals surface area contributed by atoms with Gasteiger partial charge in [-0.25, -0.2) is 0 Å². The lowest BCUT2D eigenvalue weighted by Gasteiger charge is -2.20. The Labute approximate surface area is 116 Å². The number of hydrogen-bond acceptors (Lipinski definition) is 4. The Kier molecular flexibility index (Phi) is 5.00. The van der Waals surface area contributed by atoms with Crippen molar-refractivity contribution in [1.29, 1.82) is 0 Å². The number of amides is 1. The van der Waals surface area contributed by atoms with Gasteiger partial charge < -0.3 is 10.0 Å². The molecule has 2 heterocycles. The number of halogens is 1. The van der Waals surface area contributed by atoms with E-state index in [0.29, 0.717) is 22.3 Å². The van der Waals surface area contributed by atoms with Gasteiger partial charge in [0.15, 0.2) is 0 Å². The van der Waals surface area contributed by atoms with Crippen molar-refractivity contribution in [3.05, 3.63) is 21.3 Å². The second kappa shape index (κ2) is 6.52. The molecule has 0 atom stereocenters. The maximum absolute atomic E-state index is 12.2. The zero-order chi connectivity index (χ0) is 13.0. The van der Waals surface area contributed by atoms with Crippen LogP contribution < -0.4 is 0 Å². The van der Waals surface area contributed by atoms with Crippen molar-refractivity contribution >= 4 is 28.8 Å². The highest BCUT2D eigenvalue weighted by Crippen LogP contribution is 2.23. The van der Waals surface area contributed by atoms with Crippen LogP contribution >= 0.6 is 22.9 Å². The van der Waals surface area contributed by atoms with E-state index in [2.05, 4.69) is 4.90 Å². The Hall–Kier alpha value is -0.620. The lowest BCUT2D eigenvalue weighted by atomic mass is 10.3. The van der Waals surface area contributed by atoms with E-state index in [0.717, 1.165) is 26.1 Å². The van der Waals surface area contributed by atoms with Gasteiger partial charge in [0.05, 0.1) is 15.8 Å². The smallest absolute Gasteiger partial charge is 0.264 e. The van der Waals surface area contributed by atoms with Crippen LogP contribution in [0.4, 0.5) is 0 Å². The second-order valence-electron chi connectivity index (χ2n) is 4.31. The number of β-amino-alcohol motifs (C(OH)–C–C–N with tert-alkyl or cyclic N) is 1. The van der Waals surface area contributed by atoms with Crippen LogP contribution in [0.15, 0.2) is 12.1 Å². The van der Waals surface area contributed by atoms with Gasteiger partial charge in [0, 0.05) is 26.2 Å². The number of hydrogen-bond donors (Lipinski definition) is 1. The molecular weight excluding hydrogens is 272 g/mol. The summed E-state index contributed by atoms with van der Waals surface area (Å²) in [4.78, 5) is 17.0. The monoisotopic (exact) mass is 288 g/mol. The van der Waals surface area contributed by atoms with Crippen LogP contribution in [0.5, 0.6) is 0 Å². The summed E-state index contributed by atoms with van der Waals surface area (Å²) < 4.78 is 0.648. The molecular formula is C12H17ClN2O2S. The summed E-state index contributed by atoms with van der Waals surface area (Å²) in [7, 11) is 0. The highest BCUT2D eigenvalue weighted by Gasteiger charge is 2.21. The van der Waals surface area contributed by atoms with Crippen LogP contribution in [0.25, 0.3) is 0 Å². The molecule has 1 aromatic heterocycles. The molecule has 6 heteroatoms. The highest BCUT2D eigenvalue weighted by atomic mass is 35.5. The maximum Gasteiger partial charge on any atom is 0.264 e. The second-order valence-corrected chi connectivity index (χ2v) is 6.03. The number of carbonyl (C=O) groups is 1. The average Bonchev–Trinajstić information content (AvgIpc) is 2.65. The Morgan fingerprint density at radius 3 is 2.83 bits per heavy atom. The van der Waals surface area contributed by atoms with Gasteiger partial charge >= 0.3 is 0 Å². The highest BCUT2D eigenvalue weighted by molar-refractivity contribution is 7.17. The van der Waals surface area contributed by atoms with Crippen molar-refractivity contribution in [2.45, 2.75) is 6.42 Å². The quantitative estimate of drug-likeness (QED) is 0.918. The van der Waals surface area contributed by atoms with Gasteiger partial charge in [-0.15, -0.1) is 11.3 Å². The molecule has 1 amide bonds. The fourth-order valence-electron chi connectivity index (χ4n) is 2.12. The van der Waals surface area contributed by atoms with Crippen LogP contribution in [0.1, 0.15) is 16.1 Å². The van der Waals surface area contributed by atoms with Gasteiger partial charge in [-0.1, -0.05) is 11.6 Å². The molecule has 0 aromatic carbocycles. The minimum Gasteiger partial charge on any atom is -0.395 e. The fraction of sp³-hybridized carbons (Fsp3) is 0.583. The number of aliphatic hydroxyl groups is 1. The Balaban J connectivity index is 1.95. The molecule has 4 nitrogen and oxygen atoms in total. The van der Waals surface area contributed by atoms with Gasteiger partial charge in [0.1, 0.15) is 0 Å². The molecule has 1 aliphatic rings. The van der Waals surface area contributed by atoms with Gasteiger partial charge in [-0.3, -0.25) is 9.69 Å². The van der Waals surface area contributed by atoms with E-state index in [1.807, 2.05) is 4.90 Å². The minimum absolute atomic E-state index is 0.0674. The van der Waals surface area contributed by atoms with E-state index < -0.39 is 0 Å². The molecule has 0 spiro atoms. The van der Waals surface area contributed by atoms with E-state index in [-0.39, 0.29) is 12.5 Å². The van der Waals surface area contributed by atoms with Gasteiger partial charge in [0.2, 0.25) is 0 Å². The first-order chi connectivity index (χ1) is 8.70. The van der Waals surface area contributed by atoms with Crippen LogP contribution in [0.3, 0.4) is 0 Å². The summed E-state index contributed by atoms with van der Waals surface area (Å²) in [6.45, 7) is 4.12. The molecule has 1 N–H and O–H groups in total. The van der Waals surface area contributed by atoms with E-state index in [4.69, 9.17) is 16.7 Å². The van der Waals surface area contributed by atoms with Crippen molar-refractivity contribution < 1.29 is 9.90 Å². The third-order valence-corrected chi connectivity index (χ3v) is 4.30. The molecule has 100 valence electrons. The third-order valence-electron chi connectivity index (χ3n) is 3.08. The zero-order valence-electron chi connectivity index (χ0n) is 10.1. The topological polar surface area (TPSA) is 43.8 Å². The molecule has 1 aliphatic heterocycles. The van der Waals surface area contributed by atoms with Gasteiger partial charge in [-0.2, -0.15) is 0 Å². The number of rotatable bonds is 3. The fourth-order valence-corrected chi connectivity index (χ4v) is 3.14. The molecule has 0 unspecified atom stereocenters. The summed E-state index contributed by atoms with van der Waals surface area (Å²) >= 11 is 7.18. The SMILES string of the molecule is O=C(c1ccc(Cl)s1)N1CCCN(CCO)CC1. The molecule has 0 saturated carbocycles. The van der Waals surface area contributed by atoms with Crippen molar-refractivity contribution in [3.63, 3.8) is 0 Å². The predicted octanol–water partition coefficient (Wildman–Crippen LogP) is 1.54.